The molecule has 0 amide bonds. The monoisotopic (exact) mass is 538 g/mol. The van der Waals surface area contributed by atoms with E-state index < -0.39 is 0 Å². The molecule has 2 heterocycles. The number of piperidine rings is 1. The van der Waals surface area contributed by atoms with Crippen molar-refractivity contribution in [1.29, 1.82) is 0 Å². The first kappa shape index (κ1) is 27.1. The molecule has 0 spiro atoms. The first-order valence-electron chi connectivity index (χ1n) is 10.8. The molecule has 9 nitrogen and oxygen atoms in total. The van der Waals surface area contributed by atoms with Crippen molar-refractivity contribution in [2.75, 3.05) is 39.4 Å². The molecule has 2 rings (SSSR count). The topological polar surface area (TPSA) is 97.0 Å². The molecule has 30 heavy (non-hydrogen) atoms. The third-order valence-electron chi connectivity index (χ3n) is 4.77. The van der Waals surface area contributed by atoms with E-state index in [4.69, 9.17) is 14.0 Å². The van der Waals surface area contributed by atoms with Crippen molar-refractivity contribution in [3.63, 3.8) is 0 Å². The summed E-state index contributed by atoms with van der Waals surface area (Å²) in [5, 5.41) is 10.8. The second kappa shape index (κ2) is 14.9. The van der Waals surface area contributed by atoms with Crippen molar-refractivity contribution >= 4 is 29.9 Å². The van der Waals surface area contributed by atoms with Gasteiger partial charge < -0.3 is 29.5 Å². The van der Waals surface area contributed by atoms with Crippen molar-refractivity contribution in [3.05, 3.63) is 11.7 Å². The van der Waals surface area contributed by atoms with E-state index in [1.807, 2.05) is 13.8 Å². The van der Waals surface area contributed by atoms with Crippen LogP contribution in [0, 0.1) is 0 Å². The van der Waals surface area contributed by atoms with Crippen molar-refractivity contribution in [2.24, 2.45) is 4.99 Å². The van der Waals surface area contributed by atoms with Gasteiger partial charge in [-0.1, -0.05) is 5.16 Å². The van der Waals surface area contributed by atoms with E-state index in [-0.39, 0.29) is 30.1 Å². The van der Waals surface area contributed by atoms with Crippen LogP contribution in [0.4, 0.5) is 0 Å². The molecule has 1 atom stereocenters. The Hall–Kier alpha value is -0.980. The molecule has 174 valence electrons. The van der Waals surface area contributed by atoms with E-state index >= 15 is 0 Å². The van der Waals surface area contributed by atoms with Gasteiger partial charge >= 0.3 is 0 Å². The molecule has 1 fully saturated rings. The Kier molecular flexibility index (Phi) is 13.5. The zero-order chi connectivity index (χ0) is 21.1. The van der Waals surface area contributed by atoms with Crippen molar-refractivity contribution in [3.8, 4) is 0 Å². The molecule has 1 aliphatic heterocycles. The molecule has 10 heteroatoms. The molecular weight excluding hydrogens is 499 g/mol. The zero-order valence-corrected chi connectivity index (χ0v) is 21.3. The van der Waals surface area contributed by atoms with E-state index in [1.165, 1.54) is 0 Å². The number of aromatic nitrogens is 2. The highest BCUT2D eigenvalue weighted by Crippen LogP contribution is 2.13. The lowest BCUT2D eigenvalue weighted by atomic mass is 10.1. The first-order chi connectivity index (χ1) is 14.0. The number of hydrogen-bond donors (Lipinski definition) is 2. The van der Waals surface area contributed by atoms with E-state index in [2.05, 4.69) is 51.4 Å². The minimum atomic E-state index is -0.177. The number of nitrogens with zero attached hydrogens (tertiary/aromatic N) is 4. The highest BCUT2D eigenvalue weighted by Gasteiger charge is 2.20. The molecule has 0 saturated carbocycles. The van der Waals surface area contributed by atoms with Gasteiger partial charge in [0.2, 0.25) is 5.89 Å². The summed E-state index contributed by atoms with van der Waals surface area (Å²) in [4.78, 5) is 11.4. The van der Waals surface area contributed by atoms with Crippen molar-refractivity contribution in [2.45, 2.75) is 72.3 Å². The van der Waals surface area contributed by atoms with E-state index in [1.54, 1.807) is 0 Å². The molecule has 1 saturated heterocycles. The van der Waals surface area contributed by atoms with Gasteiger partial charge in [0, 0.05) is 38.8 Å². The smallest absolute Gasteiger partial charge is 0.248 e. The molecule has 0 radical (unpaired) electrons. The molecule has 1 aromatic rings. The van der Waals surface area contributed by atoms with Crippen LogP contribution in [0.5, 0.6) is 0 Å². The predicted octanol–water partition coefficient (Wildman–Crippen LogP) is 2.73. The fraction of sp³-hybridized carbons (Fsp3) is 0.850. The van der Waals surface area contributed by atoms with Crippen molar-refractivity contribution < 1.29 is 14.0 Å². The number of hydrogen-bond acceptors (Lipinski definition) is 7. The van der Waals surface area contributed by atoms with E-state index in [0.717, 1.165) is 51.6 Å². The van der Waals surface area contributed by atoms with Crippen LogP contribution in [0.25, 0.3) is 0 Å². The number of nitrogens with one attached hydrogen (secondary N) is 2. The Morgan fingerprint density at radius 2 is 1.97 bits per heavy atom. The van der Waals surface area contributed by atoms with Crippen LogP contribution in [0.1, 0.15) is 65.3 Å². The summed E-state index contributed by atoms with van der Waals surface area (Å²) < 4.78 is 16.4. The molecule has 1 aromatic heterocycles. The second-order valence-electron chi connectivity index (χ2n) is 7.52. The molecule has 0 bridgehead atoms. The average molecular weight is 538 g/mol. The number of guanidine groups is 1. The van der Waals surface area contributed by atoms with Crippen LogP contribution >= 0.6 is 24.0 Å². The fourth-order valence-corrected chi connectivity index (χ4v) is 3.20. The maximum Gasteiger partial charge on any atom is 0.248 e. The number of rotatable bonds is 11. The predicted molar refractivity (Wildman–Crippen MR) is 128 cm³/mol. The lowest BCUT2D eigenvalue weighted by Crippen LogP contribution is -2.49. The van der Waals surface area contributed by atoms with Crippen LogP contribution < -0.4 is 10.6 Å². The standard InChI is InChI=1S/C20H38N6O3.HI/c1-6-21-20(22-14-18-24-19(25-29-18)16(5)27-7-2)23-17-8-10-26(11-9-17)12-13-28-15(3)4;/h15-17H,6-14H2,1-5H3,(H2,21,22,23);1H. The minimum Gasteiger partial charge on any atom is -0.377 e. The molecule has 2 N–H and O–H groups in total. The largest absolute Gasteiger partial charge is 0.377 e. The van der Waals surface area contributed by atoms with Crippen molar-refractivity contribution in [1.82, 2.24) is 25.7 Å². The summed E-state index contributed by atoms with van der Waals surface area (Å²) >= 11 is 0. The lowest BCUT2D eigenvalue weighted by Gasteiger charge is -2.33. The van der Waals surface area contributed by atoms with Crippen LogP contribution in [0.3, 0.4) is 0 Å². The minimum absolute atomic E-state index is 0. The van der Waals surface area contributed by atoms with Gasteiger partial charge in [-0.05, 0) is 47.5 Å². The van der Waals surface area contributed by atoms with Gasteiger partial charge in [-0.3, -0.25) is 0 Å². The first-order valence-corrected chi connectivity index (χ1v) is 10.8. The van der Waals surface area contributed by atoms with Gasteiger partial charge in [0.05, 0.1) is 12.7 Å². The van der Waals surface area contributed by atoms with Crippen LogP contribution in [0.2, 0.25) is 0 Å². The number of aliphatic imine (C=N–C) groups is 1. The Morgan fingerprint density at radius 1 is 1.23 bits per heavy atom. The summed E-state index contributed by atoms with van der Waals surface area (Å²) in [6.07, 6.45) is 2.29. The molecule has 0 aromatic carbocycles. The van der Waals surface area contributed by atoms with E-state index in [0.29, 0.717) is 37.0 Å². The van der Waals surface area contributed by atoms with Crippen LogP contribution in [-0.2, 0) is 16.0 Å². The molecule has 0 aliphatic carbocycles. The maximum absolute atomic E-state index is 5.66. The van der Waals surface area contributed by atoms with E-state index in [9.17, 15) is 0 Å². The third-order valence-corrected chi connectivity index (χ3v) is 4.77. The highest BCUT2D eigenvalue weighted by atomic mass is 127. The lowest BCUT2D eigenvalue weighted by molar-refractivity contribution is 0.0532. The Morgan fingerprint density at radius 3 is 2.60 bits per heavy atom. The van der Waals surface area contributed by atoms with Gasteiger partial charge in [-0.15, -0.1) is 24.0 Å². The SMILES string of the molecule is CCNC(=NCc1nc(C(C)OCC)no1)NC1CCN(CCOC(C)C)CC1.I. The third kappa shape index (κ3) is 9.88. The second-order valence-corrected chi connectivity index (χ2v) is 7.52. The van der Waals surface area contributed by atoms with Gasteiger partial charge in [0.25, 0.3) is 0 Å². The number of halogens is 1. The average Bonchev–Trinajstić information content (AvgIpc) is 3.17. The summed E-state index contributed by atoms with van der Waals surface area (Å²) in [5.41, 5.74) is 0. The molecule has 1 unspecified atom stereocenters. The normalized spacial score (nSPS) is 17.1. The quantitative estimate of drug-likeness (QED) is 0.252. The highest BCUT2D eigenvalue weighted by molar-refractivity contribution is 14.0. The van der Waals surface area contributed by atoms with Gasteiger partial charge in [-0.25, -0.2) is 4.99 Å². The Bertz CT molecular complexity index is 605. The fourth-order valence-electron chi connectivity index (χ4n) is 3.20. The summed E-state index contributed by atoms with van der Waals surface area (Å²) in [6, 6.07) is 0.409. The Balaban J connectivity index is 0.00000450. The zero-order valence-electron chi connectivity index (χ0n) is 19.0. The maximum atomic E-state index is 5.66. The molecular formula is C20H39IN6O3. The van der Waals surface area contributed by atoms with Gasteiger partial charge in [0.1, 0.15) is 12.6 Å². The van der Waals surface area contributed by atoms with Crippen LogP contribution in [0.15, 0.2) is 9.52 Å². The van der Waals surface area contributed by atoms with Crippen LogP contribution in [-0.4, -0.2) is 72.5 Å². The van der Waals surface area contributed by atoms with Gasteiger partial charge in [-0.2, -0.15) is 4.98 Å². The molecule has 1 aliphatic rings. The van der Waals surface area contributed by atoms with Gasteiger partial charge in [0.15, 0.2) is 11.8 Å². The summed E-state index contributed by atoms with van der Waals surface area (Å²) in [6.45, 7) is 15.8. The Labute approximate surface area is 197 Å². The summed E-state index contributed by atoms with van der Waals surface area (Å²) in [5.74, 6) is 1.83. The summed E-state index contributed by atoms with van der Waals surface area (Å²) in [7, 11) is 0. The number of ether oxygens (including phenoxy) is 2. The number of likely N-dealkylation sites (tertiary alicyclic amines) is 1.